The zero-order chi connectivity index (χ0) is 67.5. The van der Waals surface area contributed by atoms with Gasteiger partial charge in [-0.2, -0.15) is 0 Å². The van der Waals surface area contributed by atoms with Crippen molar-refractivity contribution in [2.45, 2.75) is 170 Å². The number of rotatable bonds is 19. The Balaban J connectivity index is 0.000000196. The van der Waals surface area contributed by atoms with Crippen molar-refractivity contribution in [3.8, 4) is 35.5 Å². The van der Waals surface area contributed by atoms with Crippen molar-refractivity contribution in [2.75, 3.05) is 50.7 Å². The SMILES string of the molecule is CCCCC#Cc1nc(N)c2ncn([C@@H]3O[C@@](CO)(C(=O)OC)[C@@H](O)[C@H]3O)c2n1.CCCCC#Cc1nc(N)c2ncn([C@@H]3O[C@@](CO)(C(=O)OCC)[C@@H](O)[C@H]3O)c2n1.CCCCCCC#Cc1nc(N)c2ncn([C@]3(C(=O)O)O[C@@](CO)(C(=O)O)[C@@H](O)[C@H]3O)c2n1. The van der Waals surface area contributed by atoms with Gasteiger partial charge < -0.3 is 97.1 Å². The maximum Gasteiger partial charge on any atom is 0.361 e. The van der Waals surface area contributed by atoms with Crippen LogP contribution in [0.25, 0.3) is 33.5 Å². The molecule has 3 saturated heterocycles. The summed E-state index contributed by atoms with van der Waals surface area (Å²) in [5.74, 6) is 11.9. The molecule has 3 fully saturated rings. The van der Waals surface area contributed by atoms with E-state index in [1.165, 1.54) is 21.8 Å². The number of fused-ring (bicyclic) bond motifs is 3. The Kier molecular flexibility index (Phi) is 23.1. The molecule has 6 aromatic rings. The van der Waals surface area contributed by atoms with Crippen molar-refractivity contribution in [1.82, 2.24) is 58.6 Å². The van der Waals surface area contributed by atoms with E-state index in [1.807, 2.05) is 0 Å². The smallest absolute Gasteiger partial charge is 0.361 e. The van der Waals surface area contributed by atoms with Crippen LogP contribution in [-0.2, 0) is 48.6 Å². The minimum atomic E-state index is -2.89. The number of anilines is 3. The molecule has 0 bridgehead atoms. The van der Waals surface area contributed by atoms with Crippen LogP contribution in [-0.4, -0.2) is 226 Å². The summed E-state index contributed by atoms with van der Waals surface area (Å²) < 4.78 is 29.4. The number of nitrogen functional groups attached to an aromatic ring is 3. The second kappa shape index (κ2) is 30.0. The monoisotopic (exact) mass is 1290 g/mol. The number of imidazole rings is 3. The summed E-state index contributed by atoms with van der Waals surface area (Å²) in [6.07, 6.45) is -0.361. The predicted octanol–water partition coefficient (Wildman–Crippen LogP) is -2.36. The minimum absolute atomic E-state index is 0.00918. The maximum atomic E-state index is 12.3. The van der Waals surface area contributed by atoms with E-state index in [0.717, 1.165) is 69.4 Å². The molecule has 12 atom stereocenters. The zero-order valence-corrected chi connectivity index (χ0v) is 50.6. The number of hydrogen-bond donors (Lipinski definition) is 14. The zero-order valence-electron chi connectivity index (χ0n) is 50.6. The highest BCUT2D eigenvalue weighted by molar-refractivity contribution is 5.88. The van der Waals surface area contributed by atoms with E-state index in [-0.39, 0.29) is 75.0 Å². The second-order valence-electron chi connectivity index (χ2n) is 21.2. The Bertz CT molecular complexity index is 3850. The number of ether oxygens (including phenoxy) is 5. The number of aliphatic hydroxyl groups is 9. The highest BCUT2D eigenvalue weighted by Gasteiger charge is 2.71. The summed E-state index contributed by atoms with van der Waals surface area (Å²) in [6.45, 7) is 4.70. The van der Waals surface area contributed by atoms with Crippen molar-refractivity contribution < 1.29 is 99.0 Å². The van der Waals surface area contributed by atoms with Crippen LogP contribution in [0.2, 0.25) is 0 Å². The molecule has 496 valence electrons. The molecular formula is C57H73N15O20. The first kappa shape index (κ1) is 70.6. The van der Waals surface area contributed by atoms with Gasteiger partial charge in [0.1, 0.15) is 59.5 Å². The molecule has 92 heavy (non-hydrogen) atoms. The molecule has 0 saturated carbocycles. The van der Waals surface area contributed by atoms with Crippen molar-refractivity contribution in [1.29, 1.82) is 0 Å². The summed E-state index contributed by atoms with van der Waals surface area (Å²) in [6, 6.07) is 0. The van der Waals surface area contributed by atoms with Gasteiger partial charge in [0.15, 0.2) is 46.9 Å². The number of methoxy groups -OCH3 is 1. The standard InChI is InChI=1S/C20H25N5O8.C19H25N5O6.C18H23N5O6/c1-2-3-4-5-6-7-8-11-23-15(21)12-16(24-11)25(10-22-12)20(18(31)32)14(28)13(27)19(9-26,33-20)17(29)30;1-3-5-6-7-8-11-22-15(20)12-16(23-11)24(10-21-12)17-13(26)14(27)19(9-25,30-17)18(28)29-4-2;1-3-4-5-6-7-10-21-14(19)11-15(22-10)23(9-20-11)16-12(25)13(26)18(8-24,29-16)17(27)28-2/h10,13-14,26-28H,2-6,9H2,1H3,(H,29,30)(H,31,32)(H2,21,23,24);10,13-14,17,25-27H,3-6,9H2,1-2H3,(H2,20,22,23);9,12-13,16,24-26H,3-5,8H2,1-2H3,(H2,19,21,22)/t13-,14+,19+,20-;13-,14+,17-,19-;12-,13+,16-,18-/m011/s1. The molecule has 3 aliphatic rings. The van der Waals surface area contributed by atoms with Crippen LogP contribution in [0.1, 0.15) is 128 Å². The molecule has 17 N–H and O–H groups in total. The first-order valence-corrected chi connectivity index (χ1v) is 29.1. The number of carbonyl (C=O) groups is 4. The van der Waals surface area contributed by atoms with E-state index in [9.17, 15) is 75.3 Å². The van der Waals surface area contributed by atoms with E-state index in [1.54, 1.807) is 6.92 Å². The average Bonchev–Trinajstić information content (AvgIpc) is 1.57. The highest BCUT2D eigenvalue weighted by atomic mass is 16.6. The van der Waals surface area contributed by atoms with Crippen LogP contribution in [0.4, 0.5) is 17.5 Å². The number of nitrogens with two attached hydrogens (primary N) is 3. The fourth-order valence-corrected chi connectivity index (χ4v) is 10.0. The number of unbranched alkanes of at least 4 members (excludes halogenated alkanes) is 8. The van der Waals surface area contributed by atoms with Crippen molar-refractivity contribution >= 4 is 74.8 Å². The topological polar surface area (TPSA) is 546 Å². The second-order valence-corrected chi connectivity index (χ2v) is 21.2. The molecule has 0 spiro atoms. The number of aliphatic hydroxyl groups excluding tert-OH is 9. The fourth-order valence-electron chi connectivity index (χ4n) is 10.0. The van der Waals surface area contributed by atoms with Gasteiger partial charge in [0, 0.05) is 19.3 Å². The van der Waals surface area contributed by atoms with Crippen LogP contribution in [0.3, 0.4) is 0 Å². The van der Waals surface area contributed by atoms with Gasteiger partial charge in [-0.15, -0.1) is 0 Å². The lowest BCUT2D eigenvalue weighted by atomic mass is 9.93. The van der Waals surface area contributed by atoms with Crippen LogP contribution in [0.5, 0.6) is 0 Å². The number of nitrogens with zero attached hydrogens (tertiary/aromatic N) is 12. The van der Waals surface area contributed by atoms with Gasteiger partial charge >= 0.3 is 23.9 Å². The van der Waals surface area contributed by atoms with Gasteiger partial charge in [-0.1, -0.05) is 70.6 Å². The maximum absolute atomic E-state index is 12.3. The first-order chi connectivity index (χ1) is 43.9. The minimum Gasteiger partial charge on any atom is -0.479 e. The molecular weight excluding hydrogens is 1210 g/mol. The fraction of sp³-hybridized carbons (Fsp3) is 0.561. The number of carboxylic acid groups (broad SMARTS) is 2. The Morgan fingerprint density at radius 1 is 0.533 bits per heavy atom. The summed E-state index contributed by atoms with van der Waals surface area (Å²) in [7, 11) is 1.08. The largest absolute Gasteiger partial charge is 0.479 e. The number of esters is 2. The molecule has 35 heteroatoms. The summed E-state index contributed by atoms with van der Waals surface area (Å²) in [5, 5.41) is 111. The number of aromatic nitrogens is 12. The van der Waals surface area contributed by atoms with Gasteiger partial charge in [-0.25, -0.2) is 64.0 Å². The Labute approximate surface area is 523 Å². The lowest BCUT2D eigenvalue weighted by Crippen LogP contribution is -2.53. The molecule has 0 unspecified atom stereocenters. The Hall–Kier alpha value is -8.87. The summed E-state index contributed by atoms with van der Waals surface area (Å²) >= 11 is 0. The third-order valence-corrected chi connectivity index (χ3v) is 15.2. The first-order valence-electron chi connectivity index (χ1n) is 29.1. The van der Waals surface area contributed by atoms with E-state index < -0.39 is 115 Å². The van der Waals surface area contributed by atoms with Gasteiger partial charge in [0.05, 0.1) is 46.2 Å². The third kappa shape index (κ3) is 13.3. The Morgan fingerprint density at radius 2 is 0.946 bits per heavy atom. The molecule has 0 amide bonds. The third-order valence-electron chi connectivity index (χ3n) is 15.2. The lowest BCUT2D eigenvalue weighted by Gasteiger charge is -2.30. The van der Waals surface area contributed by atoms with Crippen LogP contribution in [0, 0.1) is 35.5 Å². The summed E-state index contributed by atoms with van der Waals surface area (Å²) in [4.78, 5) is 85.8. The molecule has 0 aliphatic carbocycles. The molecule has 0 radical (unpaired) electrons. The number of carboxylic acids is 2. The van der Waals surface area contributed by atoms with Gasteiger partial charge in [-0.05, 0) is 43.9 Å². The highest BCUT2D eigenvalue weighted by Crippen LogP contribution is 2.45. The summed E-state index contributed by atoms with van der Waals surface area (Å²) in [5.41, 5.74) is 8.48. The van der Waals surface area contributed by atoms with Gasteiger partial charge in [-0.3, -0.25) is 13.7 Å². The van der Waals surface area contributed by atoms with E-state index in [2.05, 4.69) is 106 Å². The van der Waals surface area contributed by atoms with Crippen molar-refractivity contribution in [3.05, 3.63) is 36.5 Å². The predicted molar refractivity (Wildman–Crippen MR) is 316 cm³/mol. The number of aliphatic carboxylic acids is 2. The van der Waals surface area contributed by atoms with Crippen LogP contribution >= 0.6 is 0 Å². The average molecular weight is 1290 g/mol. The molecule has 6 aromatic heterocycles. The molecule has 3 aliphatic heterocycles. The van der Waals surface area contributed by atoms with E-state index in [0.29, 0.717) is 19.3 Å². The molecule has 0 aromatic carbocycles. The normalized spacial score (nSPS) is 26.3. The molecule has 9 heterocycles. The lowest BCUT2D eigenvalue weighted by molar-refractivity contribution is -0.217. The van der Waals surface area contributed by atoms with E-state index >= 15 is 0 Å². The molecule has 9 rings (SSSR count). The van der Waals surface area contributed by atoms with Gasteiger partial charge in [0.2, 0.25) is 34.3 Å². The van der Waals surface area contributed by atoms with Crippen molar-refractivity contribution in [3.63, 3.8) is 0 Å². The van der Waals surface area contributed by atoms with Crippen molar-refractivity contribution in [2.24, 2.45) is 0 Å². The van der Waals surface area contributed by atoms with Crippen LogP contribution < -0.4 is 17.2 Å². The number of hydrogen-bond acceptors (Lipinski definition) is 30. The van der Waals surface area contributed by atoms with E-state index in [4.69, 9.17) is 36.1 Å². The molecule has 35 nitrogen and oxygen atoms in total. The number of carbonyl (C=O) groups excluding carboxylic acids is 2. The van der Waals surface area contributed by atoms with Gasteiger partial charge in [0.25, 0.3) is 5.72 Å². The Morgan fingerprint density at radius 3 is 1.34 bits per heavy atom. The van der Waals surface area contributed by atoms with Crippen LogP contribution in [0.15, 0.2) is 19.0 Å². The quantitative estimate of drug-likeness (QED) is 0.0229.